The van der Waals surface area contributed by atoms with Crippen LogP contribution in [-0.2, 0) is 26.0 Å². The van der Waals surface area contributed by atoms with Crippen molar-refractivity contribution >= 4 is 21.8 Å². The highest BCUT2D eigenvalue weighted by atomic mass is 32.2. The number of benzene rings is 2. The van der Waals surface area contributed by atoms with Gasteiger partial charge >= 0.3 is 0 Å². The van der Waals surface area contributed by atoms with Crippen LogP contribution in [-0.4, -0.2) is 66.4 Å². The van der Waals surface area contributed by atoms with Crippen LogP contribution in [0.1, 0.15) is 79.2 Å². The summed E-state index contributed by atoms with van der Waals surface area (Å²) < 4.78 is 47.9. The average molecular weight is 631 g/mol. The predicted molar refractivity (Wildman–Crippen MR) is 168 cm³/mol. The number of hydrogen-bond donors (Lipinski definition) is 3. The molecule has 2 amide bonds. The maximum Gasteiger partial charge on any atom is 0.243 e. The molecular formula is C33H47FN4O5S. The van der Waals surface area contributed by atoms with Crippen LogP contribution in [0.3, 0.4) is 0 Å². The van der Waals surface area contributed by atoms with Gasteiger partial charge < -0.3 is 20.7 Å². The molecule has 0 radical (unpaired) electrons. The lowest BCUT2D eigenvalue weighted by Crippen LogP contribution is -2.63. The van der Waals surface area contributed by atoms with E-state index in [-0.39, 0.29) is 47.0 Å². The lowest BCUT2D eigenvalue weighted by molar-refractivity contribution is -0.132. The van der Waals surface area contributed by atoms with Gasteiger partial charge in [0, 0.05) is 30.1 Å². The largest absolute Gasteiger partial charge is 0.491 e. The predicted octanol–water partition coefficient (Wildman–Crippen LogP) is 4.31. The number of piperidine rings is 2. The molecule has 0 spiro atoms. The zero-order valence-electron chi connectivity index (χ0n) is 26.7. The van der Waals surface area contributed by atoms with Crippen molar-refractivity contribution in [3.05, 3.63) is 59.9 Å². The number of rotatable bonds is 10. The number of sulfonamides is 1. The van der Waals surface area contributed by atoms with Gasteiger partial charge in [0.2, 0.25) is 21.8 Å². The number of amides is 2. The minimum Gasteiger partial charge on any atom is -0.491 e. The number of nitrogens with zero attached hydrogens (tertiary/aromatic N) is 1. The zero-order valence-corrected chi connectivity index (χ0v) is 27.5. The molecule has 44 heavy (non-hydrogen) atoms. The highest BCUT2D eigenvalue weighted by Gasteiger charge is 2.41. The molecule has 2 heterocycles. The van der Waals surface area contributed by atoms with Crippen molar-refractivity contribution < 1.29 is 27.1 Å². The summed E-state index contributed by atoms with van der Waals surface area (Å²) in [4.78, 5) is 27.5. The van der Waals surface area contributed by atoms with E-state index in [9.17, 15) is 22.4 Å². The molecule has 2 atom stereocenters. The van der Waals surface area contributed by atoms with Crippen LogP contribution >= 0.6 is 0 Å². The number of carbonyl (C=O) groups excluding carboxylic acids is 2. The Kier molecular flexibility index (Phi) is 10.4. The van der Waals surface area contributed by atoms with Crippen LogP contribution in [0.4, 0.5) is 4.39 Å². The molecule has 2 aromatic carbocycles. The first-order valence-electron chi connectivity index (χ1n) is 15.5. The Morgan fingerprint density at radius 3 is 2.32 bits per heavy atom. The van der Waals surface area contributed by atoms with Gasteiger partial charge in [0.05, 0.1) is 11.0 Å². The summed E-state index contributed by atoms with van der Waals surface area (Å²) in [5.41, 5.74) is 0.428. The molecule has 2 aromatic rings. The van der Waals surface area contributed by atoms with Gasteiger partial charge in [-0.15, -0.1) is 0 Å². The molecule has 2 aliphatic heterocycles. The van der Waals surface area contributed by atoms with Gasteiger partial charge in [0.25, 0.3) is 0 Å². The van der Waals surface area contributed by atoms with Crippen molar-refractivity contribution in [1.82, 2.24) is 20.3 Å². The molecule has 11 heteroatoms. The Hall–Kier alpha value is -3.02. The Labute approximate surface area is 261 Å². The monoisotopic (exact) mass is 630 g/mol. The Morgan fingerprint density at radius 2 is 1.70 bits per heavy atom. The quantitative estimate of drug-likeness (QED) is 0.360. The first-order valence-corrected chi connectivity index (χ1v) is 16.9. The molecule has 0 aliphatic carbocycles. The fraction of sp³-hybridized carbons (Fsp3) is 0.576. The molecule has 0 unspecified atom stereocenters. The zero-order chi connectivity index (χ0) is 32.3. The van der Waals surface area contributed by atoms with Gasteiger partial charge in [-0.3, -0.25) is 9.59 Å². The first-order chi connectivity index (χ1) is 20.5. The van der Waals surface area contributed by atoms with Gasteiger partial charge in [-0.2, -0.15) is 4.31 Å². The second-order valence-corrected chi connectivity index (χ2v) is 15.6. The summed E-state index contributed by atoms with van der Waals surface area (Å²) in [5, 5.41) is 9.69. The van der Waals surface area contributed by atoms with Crippen molar-refractivity contribution in [2.45, 2.75) is 120 Å². The van der Waals surface area contributed by atoms with Crippen LogP contribution in [0, 0.1) is 5.82 Å². The van der Waals surface area contributed by atoms with Crippen LogP contribution in [0.25, 0.3) is 0 Å². The van der Waals surface area contributed by atoms with Gasteiger partial charge in [-0.25, -0.2) is 12.8 Å². The number of carbonyl (C=O) groups is 2. The van der Waals surface area contributed by atoms with E-state index in [4.69, 9.17) is 4.74 Å². The van der Waals surface area contributed by atoms with E-state index in [0.29, 0.717) is 37.9 Å². The molecule has 2 saturated heterocycles. The summed E-state index contributed by atoms with van der Waals surface area (Å²) >= 11 is 0. The SMILES string of the molecule is CC(C)Oc1ccc(C[C@H](NC(=O)[C@@H]2CCCCN2S(=O)(=O)c2cccc(F)c2)C(=O)NC2CC(C)(C)NC(C)(C)C2)cc1. The van der Waals surface area contributed by atoms with Gasteiger partial charge in [-0.1, -0.05) is 24.6 Å². The van der Waals surface area contributed by atoms with E-state index in [1.54, 1.807) is 0 Å². The van der Waals surface area contributed by atoms with E-state index in [2.05, 4.69) is 43.6 Å². The van der Waals surface area contributed by atoms with Crippen molar-refractivity contribution in [1.29, 1.82) is 0 Å². The first kappa shape index (κ1) is 33.9. The molecule has 0 bridgehead atoms. The maximum atomic E-state index is 13.9. The maximum absolute atomic E-state index is 13.9. The lowest BCUT2D eigenvalue weighted by atomic mass is 9.79. The van der Waals surface area contributed by atoms with E-state index in [1.165, 1.54) is 18.2 Å². The third-order valence-corrected chi connectivity index (χ3v) is 9.97. The fourth-order valence-electron chi connectivity index (χ4n) is 6.63. The Balaban J connectivity index is 1.57. The topological polar surface area (TPSA) is 117 Å². The summed E-state index contributed by atoms with van der Waals surface area (Å²) in [7, 11) is -4.15. The summed E-state index contributed by atoms with van der Waals surface area (Å²) in [5.74, 6) is -0.839. The number of halogens is 1. The molecule has 242 valence electrons. The normalized spacial score (nSPS) is 21.4. The van der Waals surface area contributed by atoms with E-state index < -0.39 is 33.8 Å². The molecule has 0 saturated carbocycles. The van der Waals surface area contributed by atoms with Crippen LogP contribution in [0.5, 0.6) is 5.75 Å². The van der Waals surface area contributed by atoms with Crippen molar-refractivity contribution in [3.63, 3.8) is 0 Å². The summed E-state index contributed by atoms with van der Waals surface area (Å²) in [6.07, 6.45) is 3.18. The lowest BCUT2D eigenvalue weighted by Gasteiger charge is -2.46. The molecule has 0 aromatic heterocycles. The Morgan fingerprint density at radius 1 is 1.05 bits per heavy atom. The van der Waals surface area contributed by atoms with Crippen molar-refractivity contribution in [3.8, 4) is 5.75 Å². The van der Waals surface area contributed by atoms with E-state index >= 15 is 0 Å². The summed E-state index contributed by atoms with van der Waals surface area (Å²) in [6.45, 7) is 12.4. The van der Waals surface area contributed by atoms with E-state index in [0.717, 1.165) is 15.9 Å². The van der Waals surface area contributed by atoms with Crippen molar-refractivity contribution in [2.24, 2.45) is 0 Å². The van der Waals surface area contributed by atoms with E-state index in [1.807, 2.05) is 38.1 Å². The molecule has 2 fully saturated rings. The Bertz CT molecular complexity index is 1410. The van der Waals surface area contributed by atoms with Crippen LogP contribution in [0.15, 0.2) is 53.4 Å². The smallest absolute Gasteiger partial charge is 0.243 e. The molecule has 3 N–H and O–H groups in total. The average Bonchev–Trinajstić information content (AvgIpc) is 2.91. The second kappa shape index (κ2) is 13.5. The number of hydrogen-bond acceptors (Lipinski definition) is 6. The highest BCUT2D eigenvalue weighted by molar-refractivity contribution is 7.89. The van der Waals surface area contributed by atoms with Gasteiger partial charge in [0.1, 0.15) is 23.7 Å². The highest BCUT2D eigenvalue weighted by Crippen LogP contribution is 2.29. The van der Waals surface area contributed by atoms with Crippen LogP contribution < -0.4 is 20.7 Å². The van der Waals surface area contributed by atoms with Gasteiger partial charge in [0.15, 0.2) is 0 Å². The summed E-state index contributed by atoms with van der Waals surface area (Å²) in [6, 6.07) is 10.1. The number of nitrogens with one attached hydrogen (secondary N) is 3. The standard InChI is InChI=1S/C33H47FN4O5S/c1-22(2)43-26-15-13-23(14-16-26)18-28(30(39)35-25-20-32(3,4)37-33(5,6)21-25)36-31(40)29-12-7-8-17-38(29)44(41,42)27-11-9-10-24(34)19-27/h9-11,13-16,19,22,25,28-29,37H,7-8,12,17-18,20-21H2,1-6H3,(H,35,39)(H,36,40)/t28-,29-/m0/s1. The molecule has 4 rings (SSSR count). The fourth-order valence-corrected chi connectivity index (χ4v) is 8.32. The molecule has 9 nitrogen and oxygen atoms in total. The van der Waals surface area contributed by atoms with Crippen LogP contribution in [0.2, 0.25) is 0 Å². The molecular weight excluding hydrogens is 583 g/mol. The number of ether oxygens (including phenoxy) is 1. The van der Waals surface area contributed by atoms with Crippen molar-refractivity contribution in [2.75, 3.05) is 6.54 Å². The third kappa shape index (κ3) is 8.79. The third-order valence-electron chi connectivity index (χ3n) is 8.06. The van der Waals surface area contributed by atoms with Gasteiger partial charge in [-0.05, 0) is 103 Å². The minimum atomic E-state index is -4.15. The minimum absolute atomic E-state index is 0.0132. The second-order valence-electron chi connectivity index (χ2n) is 13.7. The molecule has 2 aliphatic rings.